The van der Waals surface area contributed by atoms with Gasteiger partial charge in [-0.2, -0.15) is 5.10 Å². The van der Waals surface area contributed by atoms with E-state index in [2.05, 4.69) is 5.10 Å². The van der Waals surface area contributed by atoms with Crippen LogP contribution in [0.1, 0.15) is 55.1 Å². The number of carbonyl (C=O) groups is 2. The third kappa shape index (κ3) is 2.30. The third-order valence-corrected chi connectivity index (χ3v) is 4.32. The molecule has 1 saturated carbocycles. The van der Waals surface area contributed by atoms with Gasteiger partial charge in [-0.15, -0.1) is 0 Å². The minimum absolute atomic E-state index is 0.258. The summed E-state index contributed by atoms with van der Waals surface area (Å²) < 4.78 is 1.87. The second kappa shape index (κ2) is 5.26. The quantitative estimate of drug-likeness (QED) is 0.912. The van der Waals surface area contributed by atoms with Crippen LogP contribution in [0.4, 0.5) is 0 Å². The van der Waals surface area contributed by atoms with Crippen molar-refractivity contribution in [2.75, 3.05) is 6.54 Å². The maximum Gasteiger partial charge on any atom is 0.326 e. The van der Waals surface area contributed by atoms with E-state index in [1.54, 1.807) is 6.07 Å². The van der Waals surface area contributed by atoms with E-state index in [9.17, 15) is 9.59 Å². The Balaban J connectivity index is 1.75. The summed E-state index contributed by atoms with van der Waals surface area (Å²) in [5.74, 6) is -1.18. The molecule has 0 bridgehead atoms. The highest BCUT2D eigenvalue weighted by Gasteiger charge is 2.35. The van der Waals surface area contributed by atoms with Crippen molar-refractivity contribution in [3.63, 3.8) is 0 Å². The lowest BCUT2D eigenvalue weighted by Crippen LogP contribution is -2.40. The number of rotatable bonds is 3. The summed E-state index contributed by atoms with van der Waals surface area (Å²) in [4.78, 5) is 25.0. The van der Waals surface area contributed by atoms with Crippen LogP contribution in [-0.4, -0.2) is 44.3 Å². The third-order valence-electron chi connectivity index (χ3n) is 4.32. The number of carboxylic acid groups (broad SMARTS) is 1. The fraction of sp³-hybridized carbons (Fsp3) is 0.643. The van der Waals surface area contributed by atoms with Crippen LogP contribution in [0.2, 0.25) is 0 Å². The lowest BCUT2D eigenvalue weighted by atomic mass is 10.2. The Kier molecular flexibility index (Phi) is 3.46. The summed E-state index contributed by atoms with van der Waals surface area (Å²) in [7, 11) is 0. The molecule has 0 radical (unpaired) electrons. The van der Waals surface area contributed by atoms with Gasteiger partial charge in [0.2, 0.25) is 0 Å². The zero-order valence-electron chi connectivity index (χ0n) is 11.4. The molecule has 2 aliphatic rings. The van der Waals surface area contributed by atoms with Crippen molar-refractivity contribution in [1.82, 2.24) is 14.7 Å². The van der Waals surface area contributed by atoms with Crippen LogP contribution in [0.5, 0.6) is 0 Å². The van der Waals surface area contributed by atoms with Crippen molar-refractivity contribution in [2.45, 2.75) is 50.6 Å². The van der Waals surface area contributed by atoms with E-state index in [4.69, 9.17) is 5.11 Å². The maximum absolute atomic E-state index is 12.4. The predicted octanol–water partition coefficient (Wildman–Crippen LogP) is 1.69. The molecule has 1 aromatic rings. The van der Waals surface area contributed by atoms with Gasteiger partial charge in [-0.05, 0) is 31.7 Å². The molecule has 0 unspecified atom stereocenters. The number of carboxylic acids is 1. The zero-order valence-corrected chi connectivity index (χ0v) is 11.4. The Morgan fingerprint density at radius 1 is 1.20 bits per heavy atom. The summed E-state index contributed by atoms with van der Waals surface area (Å²) in [6, 6.07) is 1.40. The molecule has 1 atom stereocenters. The summed E-state index contributed by atoms with van der Waals surface area (Å²) in [6.45, 7) is 0.506. The Morgan fingerprint density at radius 2 is 1.95 bits per heavy atom. The zero-order chi connectivity index (χ0) is 14.1. The molecule has 108 valence electrons. The second-order valence-corrected chi connectivity index (χ2v) is 5.61. The Labute approximate surface area is 117 Å². The van der Waals surface area contributed by atoms with E-state index in [1.165, 1.54) is 17.7 Å². The smallest absolute Gasteiger partial charge is 0.326 e. The molecular formula is C14H19N3O3. The van der Waals surface area contributed by atoms with E-state index in [0.29, 0.717) is 24.7 Å². The molecule has 1 N–H and O–H groups in total. The van der Waals surface area contributed by atoms with Crippen LogP contribution >= 0.6 is 0 Å². The topological polar surface area (TPSA) is 75.4 Å². The molecule has 20 heavy (non-hydrogen) atoms. The van der Waals surface area contributed by atoms with Crippen LogP contribution in [-0.2, 0) is 4.79 Å². The summed E-state index contributed by atoms with van der Waals surface area (Å²) >= 11 is 0. The van der Waals surface area contributed by atoms with E-state index in [-0.39, 0.29) is 5.91 Å². The van der Waals surface area contributed by atoms with Gasteiger partial charge in [0.1, 0.15) is 11.7 Å². The average molecular weight is 277 g/mol. The number of amides is 1. The molecule has 1 aliphatic carbocycles. The lowest BCUT2D eigenvalue weighted by molar-refractivity contribution is -0.141. The van der Waals surface area contributed by atoms with Gasteiger partial charge in [0.15, 0.2) is 0 Å². The molecule has 0 aromatic carbocycles. The molecule has 1 amide bonds. The lowest BCUT2D eigenvalue weighted by Gasteiger charge is -2.20. The number of likely N-dealkylation sites (tertiary alicyclic amines) is 1. The van der Waals surface area contributed by atoms with E-state index < -0.39 is 12.0 Å². The summed E-state index contributed by atoms with van der Waals surface area (Å²) in [5.41, 5.74) is 0.366. The van der Waals surface area contributed by atoms with Crippen molar-refractivity contribution in [3.8, 4) is 0 Å². The number of carbonyl (C=O) groups excluding carboxylic acids is 1. The van der Waals surface area contributed by atoms with E-state index in [0.717, 1.165) is 19.3 Å². The number of aromatic nitrogens is 2. The van der Waals surface area contributed by atoms with Crippen LogP contribution in [0.15, 0.2) is 12.3 Å². The fourth-order valence-electron chi connectivity index (χ4n) is 3.24. The number of hydrogen-bond acceptors (Lipinski definition) is 3. The van der Waals surface area contributed by atoms with Crippen LogP contribution in [0.25, 0.3) is 0 Å². The molecule has 6 heteroatoms. The van der Waals surface area contributed by atoms with Gasteiger partial charge in [-0.3, -0.25) is 9.48 Å². The first-order valence-electron chi connectivity index (χ1n) is 7.26. The van der Waals surface area contributed by atoms with Gasteiger partial charge in [0, 0.05) is 12.7 Å². The highest BCUT2D eigenvalue weighted by molar-refractivity contribution is 5.95. The maximum atomic E-state index is 12.4. The molecule has 0 spiro atoms. The monoisotopic (exact) mass is 277 g/mol. The Bertz CT molecular complexity index is 519. The van der Waals surface area contributed by atoms with Crippen molar-refractivity contribution < 1.29 is 14.7 Å². The van der Waals surface area contributed by atoms with Gasteiger partial charge in [0.05, 0.1) is 6.04 Å². The van der Waals surface area contributed by atoms with E-state index in [1.807, 2.05) is 10.9 Å². The van der Waals surface area contributed by atoms with Gasteiger partial charge in [-0.25, -0.2) is 4.79 Å². The molecule has 1 saturated heterocycles. The van der Waals surface area contributed by atoms with Crippen molar-refractivity contribution >= 4 is 11.9 Å². The second-order valence-electron chi connectivity index (χ2n) is 5.61. The van der Waals surface area contributed by atoms with Crippen molar-refractivity contribution in [1.29, 1.82) is 0 Å². The molecule has 2 fully saturated rings. The molecule has 2 heterocycles. The molecule has 6 nitrogen and oxygen atoms in total. The molecule has 1 aliphatic heterocycles. The first-order valence-corrected chi connectivity index (χ1v) is 7.26. The summed E-state index contributed by atoms with van der Waals surface area (Å²) in [5, 5.41) is 13.5. The van der Waals surface area contributed by atoms with Gasteiger partial charge >= 0.3 is 5.97 Å². The van der Waals surface area contributed by atoms with Gasteiger partial charge in [0.25, 0.3) is 5.91 Å². The normalized spacial score (nSPS) is 23.4. The largest absolute Gasteiger partial charge is 0.480 e. The molecular weight excluding hydrogens is 258 g/mol. The minimum atomic E-state index is -0.925. The first-order chi connectivity index (χ1) is 9.66. The van der Waals surface area contributed by atoms with Crippen LogP contribution < -0.4 is 0 Å². The highest BCUT2D eigenvalue weighted by atomic mass is 16.4. The molecule has 3 rings (SSSR count). The Morgan fingerprint density at radius 3 is 2.65 bits per heavy atom. The minimum Gasteiger partial charge on any atom is -0.480 e. The number of nitrogens with zero attached hydrogens (tertiary/aromatic N) is 3. The first kappa shape index (κ1) is 13.1. The Hall–Kier alpha value is -1.85. The SMILES string of the molecule is O=C(O)[C@@H]1CCCN1C(=O)c1ccn(C2CCCC2)n1. The van der Waals surface area contributed by atoms with Gasteiger partial charge < -0.3 is 10.0 Å². The number of hydrogen-bond donors (Lipinski definition) is 1. The highest BCUT2D eigenvalue weighted by Crippen LogP contribution is 2.29. The summed E-state index contributed by atoms with van der Waals surface area (Å²) in [6.07, 6.45) is 7.75. The van der Waals surface area contributed by atoms with Crippen LogP contribution in [0.3, 0.4) is 0 Å². The average Bonchev–Trinajstić information content (AvgIpc) is 3.17. The standard InChI is InChI=1S/C14H19N3O3/c18-13(16-8-3-6-12(16)14(19)20)11-7-9-17(15-11)10-4-1-2-5-10/h7,9-10,12H,1-6,8H2,(H,19,20)/t12-/m0/s1. The number of aliphatic carboxylic acids is 1. The fourth-order valence-corrected chi connectivity index (χ4v) is 3.24. The van der Waals surface area contributed by atoms with Gasteiger partial charge in [-0.1, -0.05) is 12.8 Å². The van der Waals surface area contributed by atoms with Crippen molar-refractivity contribution in [2.24, 2.45) is 0 Å². The predicted molar refractivity (Wildman–Crippen MR) is 71.4 cm³/mol. The van der Waals surface area contributed by atoms with Crippen molar-refractivity contribution in [3.05, 3.63) is 18.0 Å². The molecule has 1 aromatic heterocycles. The van der Waals surface area contributed by atoms with Crippen LogP contribution in [0, 0.1) is 0 Å². The van der Waals surface area contributed by atoms with E-state index >= 15 is 0 Å².